The summed E-state index contributed by atoms with van der Waals surface area (Å²) in [5, 5.41) is 78.3. The molecule has 2 aromatic heterocycles. The molecule has 0 unspecified atom stereocenters. The molecule has 700 valence electrons. The molecule has 5 aromatic carbocycles. The number of carboxylic acids is 1. The molecule has 2 fully saturated rings. The van der Waals surface area contributed by atoms with Gasteiger partial charge in [0, 0.05) is 147 Å². The number of nitrogens with two attached hydrogens (primary N) is 2. The number of phenolic OH excluding ortho intramolecular Hbond substituents is 2. The van der Waals surface area contributed by atoms with Crippen LogP contribution in [0.1, 0.15) is 99.5 Å². The number of aliphatic hydroxyl groups excluding tert-OH is 2. The van der Waals surface area contributed by atoms with Gasteiger partial charge in [0.2, 0.25) is 76.8 Å². The molecule has 7 aromatic rings. The highest BCUT2D eigenvalue weighted by Gasteiger charge is 2.43. The number of amides is 15. The summed E-state index contributed by atoms with van der Waals surface area (Å²) in [6.45, 7) is 1.76. The summed E-state index contributed by atoms with van der Waals surface area (Å²) in [7, 11) is 4.79. The zero-order valence-electron chi connectivity index (χ0n) is 73.5. The van der Waals surface area contributed by atoms with Crippen LogP contribution in [0.4, 0.5) is 9.18 Å². The van der Waals surface area contributed by atoms with Gasteiger partial charge in [-0.2, -0.15) is 0 Å². The Morgan fingerprint density at radius 2 is 1.17 bits per heavy atom. The topological polar surface area (TPSA) is 569 Å². The Bertz CT molecular complexity index is 5130. The molecular weight excluding hydrogens is 1690 g/mol. The molecule has 39 nitrogen and oxygen atoms in total. The molecule has 0 spiro atoms. The van der Waals surface area contributed by atoms with Crippen molar-refractivity contribution >= 4 is 111 Å². The van der Waals surface area contributed by atoms with Crippen LogP contribution in [0.5, 0.6) is 11.5 Å². The molecule has 12 atom stereocenters. The minimum Gasteiger partial charge on any atom is -0.508 e. The Hall–Kier alpha value is -13.6. The van der Waals surface area contributed by atoms with Crippen LogP contribution in [0.25, 0.3) is 21.8 Å². The Morgan fingerprint density at radius 1 is 0.600 bits per heavy atom. The third kappa shape index (κ3) is 28.4. The maximum absolute atomic E-state index is 15.9. The minimum atomic E-state index is -2.08. The van der Waals surface area contributed by atoms with Crippen LogP contribution in [0.2, 0.25) is 0 Å². The highest BCUT2D eigenvalue weighted by Crippen LogP contribution is 2.27. The van der Waals surface area contributed by atoms with Gasteiger partial charge in [0.1, 0.15) is 77.7 Å². The van der Waals surface area contributed by atoms with E-state index in [4.69, 9.17) is 11.5 Å². The first-order valence-corrected chi connectivity index (χ1v) is 43.1. The van der Waals surface area contributed by atoms with Crippen molar-refractivity contribution in [3.63, 3.8) is 0 Å². The number of para-hydroxylation sites is 1. The van der Waals surface area contributed by atoms with Gasteiger partial charge in [0.15, 0.2) is 0 Å². The zero-order valence-corrected chi connectivity index (χ0v) is 73.5. The van der Waals surface area contributed by atoms with Crippen molar-refractivity contribution in [1.29, 1.82) is 0 Å². The largest absolute Gasteiger partial charge is 0.508 e. The number of rotatable bonds is 30. The number of aromatic hydroxyl groups is 2. The number of H-pyrrole nitrogens is 2. The van der Waals surface area contributed by atoms with E-state index < -0.39 is 200 Å². The minimum absolute atomic E-state index is 0.0982. The average Bonchev–Trinajstić information content (AvgIpc) is 1.36. The van der Waals surface area contributed by atoms with E-state index >= 15 is 38.4 Å². The molecule has 4 heterocycles. The quantitative estimate of drug-likeness (QED) is 0.0248. The molecule has 2 aliphatic heterocycles. The van der Waals surface area contributed by atoms with Gasteiger partial charge in [-0.15, -0.1) is 0 Å². The number of carbonyl (C=O) groups excluding carboxylic acids is 14. The number of carboxylic acid groups (broad SMARTS) is 1. The van der Waals surface area contributed by atoms with E-state index in [1.165, 1.54) is 80.6 Å². The number of halogens is 1. The smallest absolute Gasteiger partial charge is 0.317 e. The molecule has 2 aliphatic rings. The summed E-state index contributed by atoms with van der Waals surface area (Å²) < 4.78 is 14.6. The lowest BCUT2D eigenvalue weighted by Gasteiger charge is -2.37. The predicted octanol–water partition coefficient (Wildman–Crippen LogP) is -0.696. The van der Waals surface area contributed by atoms with Crippen molar-refractivity contribution in [1.82, 2.24) is 87.2 Å². The molecule has 0 aliphatic carbocycles. The van der Waals surface area contributed by atoms with Gasteiger partial charge >= 0.3 is 12.0 Å². The van der Waals surface area contributed by atoms with E-state index in [1.807, 2.05) is 0 Å². The number of carbonyl (C=O) groups is 15. The van der Waals surface area contributed by atoms with Gasteiger partial charge in [-0.05, 0) is 141 Å². The number of phenols is 2. The number of likely N-dealkylation sites (N-methyl/N-ethyl adjacent to an activating group) is 4. The lowest BCUT2D eigenvalue weighted by atomic mass is 9.99. The van der Waals surface area contributed by atoms with Crippen LogP contribution in [0.15, 0.2) is 134 Å². The second-order valence-corrected chi connectivity index (χ2v) is 32.8. The first-order valence-electron chi connectivity index (χ1n) is 43.1. The van der Waals surface area contributed by atoms with Crippen molar-refractivity contribution in [3.05, 3.63) is 167 Å². The van der Waals surface area contributed by atoms with Crippen molar-refractivity contribution in [2.75, 3.05) is 87.2 Å². The third-order valence-electron chi connectivity index (χ3n) is 23.4. The van der Waals surface area contributed by atoms with Gasteiger partial charge in [-0.3, -0.25) is 72.0 Å². The number of piperazine rings is 1. The standard InChI is InChI=1S/C90H118FN19O20/c1-52(112)78-89(129)108(6)75(88(128)107(5)74(43-56-22-27-59(91)28-23-56)85(125)99-67(79(93)119)20-12-14-37-95-90(130)110-40-38-109(39-41-110)50-77(117)118)49-98-76(116)35-32-64(92)80(120)100-68(42-55-24-29-60(114)30-25-55)81(121)103-71(51-111)86(126)106(4)73(34-26-54-16-8-7-9-17-54)87(127)105(3)72(21-13-15-36-94-53(2)113)84(124)102-69(45-58-48-97-66-33-31-61(115)46-63(58)66)82(122)101-70(83(123)104-78)44-57-47-96-65-19-11-10-18-62(57)65/h7-11,16-19,22-25,27-31,33,46-48,52,64,67-75,78,96-97,111-112,114-115H,12-15,20-21,26,32,34-45,49-51,92H2,1-6H3,(H2,93,119)(H,94,113)(H,95,130)(H,98,116)(H,99,125)(H,100,120)(H,101,122)(H,102,124)(H,103,121)(H,104,123)(H,117,118)/t52-,64-,67-,68-,69-,70-,71-,72-,73-,74-,75-,78-/m0/s1. The van der Waals surface area contributed by atoms with Crippen molar-refractivity contribution in [3.8, 4) is 11.5 Å². The molecular formula is C90H118FN19O20. The van der Waals surface area contributed by atoms with Crippen LogP contribution < -0.4 is 59.3 Å². The lowest BCUT2D eigenvalue weighted by molar-refractivity contribution is -0.150. The highest BCUT2D eigenvalue weighted by atomic mass is 19.1. The number of aromatic nitrogens is 2. The lowest BCUT2D eigenvalue weighted by Crippen LogP contribution is -2.64. The molecule has 40 heteroatoms. The third-order valence-corrected chi connectivity index (χ3v) is 23.4. The second-order valence-electron chi connectivity index (χ2n) is 32.8. The number of urea groups is 1. The fourth-order valence-corrected chi connectivity index (χ4v) is 15.7. The summed E-state index contributed by atoms with van der Waals surface area (Å²) in [5.41, 5.74) is 15.6. The van der Waals surface area contributed by atoms with Gasteiger partial charge in [0.05, 0.1) is 25.3 Å². The fourth-order valence-electron chi connectivity index (χ4n) is 15.7. The first-order chi connectivity index (χ1) is 62.0. The van der Waals surface area contributed by atoms with Crippen LogP contribution in [0, 0.1) is 5.82 Å². The van der Waals surface area contributed by atoms with Crippen LogP contribution in [0.3, 0.4) is 0 Å². The van der Waals surface area contributed by atoms with Crippen LogP contribution in [-0.4, -0.2) is 313 Å². The van der Waals surface area contributed by atoms with Crippen LogP contribution in [-0.2, 0) is 99.2 Å². The Morgan fingerprint density at radius 3 is 1.81 bits per heavy atom. The number of unbranched alkanes of at least 4 members (excludes halogenated alkanes) is 2. The van der Waals surface area contributed by atoms with Gasteiger partial charge < -0.3 is 119 Å². The predicted molar refractivity (Wildman–Crippen MR) is 474 cm³/mol. The number of fused-ring (bicyclic) bond motifs is 2. The molecule has 9 rings (SSSR count). The van der Waals surface area contributed by atoms with E-state index in [-0.39, 0.29) is 120 Å². The second kappa shape index (κ2) is 48.0. The molecule has 0 radical (unpaired) electrons. The van der Waals surface area contributed by atoms with Crippen molar-refractivity contribution < 1.29 is 102 Å². The summed E-state index contributed by atoms with van der Waals surface area (Å²) >= 11 is 0. The molecule has 0 bridgehead atoms. The SMILES string of the molecule is CC(=O)NCCCC[C@H]1C(=O)N[C@@H](Cc2c[nH]c3ccc(O)cc23)C(=O)N[C@@H](Cc2c[nH]c3ccccc23)C(=O)N[C@@H]([C@H](C)O)C(=O)N(C)[C@H](C(=O)N(C)[C@@H](Cc2ccc(F)cc2)C(=O)N[C@@H](CCCCNC(=O)N2CCN(CC(=O)O)CC2)C(N)=O)CNC(=O)CC[C@H](N)C(=O)N[C@@H](Cc2ccc(O)cc2)C(=O)N[C@@H](CO)C(=O)N(C)[C@@H](CCc2ccccc2)C(=O)N1C. The van der Waals surface area contributed by atoms with Crippen molar-refractivity contribution in [2.45, 2.75) is 176 Å². The Kier molecular flexibility index (Phi) is 37.0. The van der Waals surface area contributed by atoms with Crippen molar-refractivity contribution in [2.24, 2.45) is 11.5 Å². The monoisotopic (exact) mass is 1800 g/mol. The Balaban J connectivity index is 1.11. The number of aromatic amines is 2. The first kappa shape index (κ1) is 100. The number of nitrogens with zero attached hydrogens (tertiary/aromatic N) is 6. The molecule has 130 heavy (non-hydrogen) atoms. The normalized spacial score (nSPS) is 21.1. The van der Waals surface area contributed by atoms with E-state index in [2.05, 4.69) is 57.8 Å². The summed E-state index contributed by atoms with van der Waals surface area (Å²) in [4.78, 5) is 232. The van der Waals surface area contributed by atoms with E-state index in [0.717, 1.165) is 52.8 Å². The van der Waals surface area contributed by atoms with E-state index in [1.54, 1.807) is 71.8 Å². The number of aryl methyl sites for hydroxylation is 1. The maximum Gasteiger partial charge on any atom is 0.317 e. The van der Waals surface area contributed by atoms with Gasteiger partial charge in [0.25, 0.3) is 0 Å². The van der Waals surface area contributed by atoms with E-state index in [0.29, 0.717) is 57.1 Å². The number of aliphatic hydroxyl groups is 2. The van der Waals surface area contributed by atoms with Gasteiger partial charge in [-0.25, -0.2) is 9.18 Å². The summed E-state index contributed by atoms with van der Waals surface area (Å²) in [6.07, 6.45) is -0.915. The average molecular weight is 1810 g/mol. The number of primary amides is 1. The molecule has 0 saturated carbocycles. The molecule has 2 saturated heterocycles. The Labute approximate surface area is 750 Å². The summed E-state index contributed by atoms with van der Waals surface area (Å²) in [6, 6.07) is 11.2. The number of aliphatic carboxylic acids is 1. The molecule has 15 amide bonds. The van der Waals surface area contributed by atoms with Crippen LogP contribution >= 0.6 is 0 Å². The maximum atomic E-state index is 15.9. The molecule has 20 N–H and O–H groups in total. The van der Waals surface area contributed by atoms with Gasteiger partial charge in [-0.1, -0.05) is 72.8 Å². The number of hydrogen-bond donors (Lipinski definition) is 18. The number of benzene rings is 5. The number of nitrogens with one attached hydrogen (secondary N) is 11. The highest BCUT2D eigenvalue weighted by molar-refractivity contribution is 6.01. The zero-order chi connectivity index (χ0) is 94.6. The van der Waals surface area contributed by atoms with E-state index in [9.17, 15) is 63.5 Å². The summed E-state index contributed by atoms with van der Waals surface area (Å²) in [5.74, 6) is -14.8. The fraction of sp³-hybridized carbons (Fsp3) is 0.456. The number of hydrogen-bond acceptors (Lipinski definition) is 21.